The number of esters is 1. The van der Waals surface area contributed by atoms with Gasteiger partial charge in [0.05, 0.1) is 19.2 Å². The number of ether oxygens (including phenoxy) is 1. The number of thiophene rings is 1. The van der Waals surface area contributed by atoms with E-state index in [0.717, 1.165) is 50.8 Å². The summed E-state index contributed by atoms with van der Waals surface area (Å²) in [5.74, 6) is 0.252. The minimum absolute atomic E-state index is 0.0336. The number of hydrogen-bond acceptors (Lipinski definition) is 5. The Morgan fingerprint density at radius 3 is 2.75 bits per heavy atom. The fourth-order valence-corrected chi connectivity index (χ4v) is 5.06. The van der Waals surface area contributed by atoms with Crippen molar-refractivity contribution in [1.29, 1.82) is 0 Å². The second-order valence-corrected chi connectivity index (χ2v) is 8.04. The summed E-state index contributed by atoms with van der Waals surface area (Å²) < 4.78 is 4.97. The number of likely N-dealkylation sites (tertiary alicyclic amines) is 1. The molecule has 0 aromatic carbocycles. The minimum Gasteiger partial charge on any atom is -0.465 e. The van der Waals surface area contributed by atoms with Crippen LogP contribution in [0.2, 0.25) is 0 Å². The topological polar surface area (TPSA) is 58.6 Å². The van der Waals surface area contributed by atoms with Crippen molar-refractivity contribution in [2.45, 2.75) is 45.4 Å². The second kappa shape index (κ2) is 7.66. The first kappa shape index (κ1) is 17.4. The highest BCUT2D eigenvalue weighted by molar-refractivity contribution is 7.17. The monoisotopic (exact) mass is 350 g/mol. The molecule has 1 saturated heterocycles. The Morgan fingerprint density at radius 2 is 2.04 bits per heavy atom. The number of anilines is 1. The molecule has 2 heterocycles. The molecule has 0 spiro atoms. The molecular formula is C18H26N2O3S. The Hall–Kier alpha value is -1.40. The highest BCUT2D eigenvalue weighted by Crippen LogP contribution is 2.40. The Labute approximate surface area is 147 Å². The average Bonchev–Trinajstić information content (AvgIpc) is 2.91. The number of hydrogen-bond donors (Lipinski definition) is 1. The zero-order chi connectivity index (χ0) is 17.1. The minimum atomic E-state index is -0.338. The highest BCUT2D eigenvalue weighted by Gasteiger charge is 2.29. The lowest BCUT2D eigenvalue weighted by molar-refractivity contribution is -0.117. The average molecular weight is 350 g/mol. The molecule has 1 aromatic heterocycles. The van der Waals surface area contributed by atoms with E-state index in [4.69, 9.17) is 4.74 Å². The maximum absolute atomic E-state index is 12.4. The van der Waals surface area contributed by atoms with Crippen LogP contribution in [0.25, 0.3) is 0 Å². The Balaban J connectivity index is 1.76. The van der Waals surface area contributed by atoms with Crippen molar-refractivity contribution in [3.8, 4) is 0 Å². The van der Waals surface area contributed by atoms with Crippen LogP contribution in [0.5, 0.6) is 0 Å². The molecule has 1 atom stereocenters. The third-order valence-corrected chi connectivity index (χ3v) is 6.14. The third kappa shape index (κ3) is 3.81. The number of fused-ring (bicyclic) bond motifs is 1. The maximum atomic E-state index is 12.4. The van der Waals surface area contributed by atoms with Gasteiger partial charge in [0, 0.05) is 4.88 Å². The largest absolute Gasteiger partial charge is 0.465 e. The fourth-order valence-electron chi connectivity index (χ4n) is 3.64. The van der Waals surface area contributed by atoms with Crippen molar-refractivity contribution >= 4 is 28.2 Å². The molecule has 0 bridgehead atoms. The summed E-state index contributed by atoms with van der Waals surface area (Å²) in [5, 5.41) is 3.65. The van der Waals surface area contributed by atoms with Crippen LogP contribution in [-0.2, 0) is 22.4 Å². The zero-order valence-electron chi connectivity index (χ0n) is 14.5. The van der Waals surface area contributed by atoms with E-state index in [9.17, 15) is 9.59 Å². The lowest BCUT2D eigenvalue weighted by Crippen LogP contribution is -2.36. The summed E-state index contributed by atoms with van der Waals surface area (Å²) in [6, 6.07) is 0. The van der Waals surface area contributed by atoms with E-state index in [2.05, 4.69) is 17.1 Å². The van der Waals surface area contributed by atoms with Crippen molar-refractivity contribution in [1.82, 2.24) is 4.90 Å². The summed E-state index contributed by atoms with van der Waals surface area (Å²) in [7, 11) is 1.40. The van der Waals surface area contributed by atoms with E-state index in [1.54, 1.807) is 11.3 Å². The first-order valence-corrected chi connectivity index (χ1v) is 9.65. The predicted octanol–water partition coefficient (Wildman–Crippen LogP) is 3.08. The summed E-state index contributed by atoms with van der Waals surface area (Å²) in [6.07, 6.45) is 6.51. The number of carbonyl (C=O) groups is 2. The Morgan fingerprint density at radius 1 is 1.29 bits per heavy atom. The smallest absolute Gasteiger partial charge is 0.341 e. The predicted molar refractivity (Wildman–Crippen MR) is 95.8 cm³/mol. The molecule has 0 saturated carbocycles. The molecule has 6 heteroatoms. The van der Waals surface area contributed by atoms with Crippen LogP contribution < -0.4 is 5.32 Å². The van der Waals surface area contributed by atoms with Crippen LogP contribution in [0.15, 0.2) is 0 Å². The van der Waals surface area contributed by atoms with Crippen LogP contribution in [0, 0.1) is 5.92 Å². The number of methoxy groups -OCH3 is 1. The van der Waals surface area contributed by atoms with Gasteiger partial charge < -0.3 is 10.1 Å². The molecule has 1 aromatic rings. The van der Waals surface area contributed by atoms with E-state index in [-0.39, 0.29) is 11.9 Å². The molecule has 1 aliphatic carbocycles. The highest BCUT2D eigenvalue weighted by atomic mass is 32.1. The van der Waals surface area contributed by atoms with E-state index in [1.807, 2.05) is 0 Å². The molecule has 5 nitrogen and oxygen atoms in total. The van der Waals surface area contributed by atoms with Crippen LogP contribution in [-0.4, -0.2) is 43.5 Å². The molecule has 1 N–H and O–H groups in total. The number of carbonyl (C=O) groups excluding carboxylic acids is 2. The Kier molecular flexibility index (Phi) is 5.56. The van der Waals surface area contributed by atoms with E-state index < -0.39 is 0 Å². The van der Waals surface area contributed by atoms with Crippen LogP contribution in [0.4, 0.5) is 5.00 Å². The number of rotatable bonds is 4. The first-order chi connectivity index (χ1) is 11.6. The second-order valence-electron chi connectivity index (χ2n) is 6.93. The lowest BCUT2D eigenvalue weighted by Gasteiger charge is -2.25. The summed E-state index contributed by atoms with van der Waals surface area (Å²) >= 11 is 1.55. The van der Waals surface area contributed by atoms with E-state index in [1.165, 1.54) is 18.4 Å². The molecule has 132 valence electrons. The van der Waals surface area contributed by atoms with Gasteiger partial charge in [0.1, 0.15) is 5.00 Å². The van der Waals surface area contributed by atoms with Gasteiger partial charge in [-0.3, -0.25) is 9.69 Å². The van der Waals surface area contributed by atoms with Gasteiger partial charge in [0.15, 0.2) is 0 Å². The van der Waals surface area contributed by atoms with Crippen molar-refractivity contribution < 1.29 is 14.3 Å². The van der Waals surface area contributed by atoms with Gasteiger partial charge in [0.25, 0.3) is 0 Å². The number of piperidine rings is 1. The molecule has 24 heavy (non-hydrogen) atoms. The van der Waals surface area contributed by atoms with Gasteiger partial charge in [-0.15, -0.1) is 11.3 Å². The van der Waals surface area contributed by atoms with Crippen molar-refractivity contribution in [3.63, 3.8) is 0 Å². The van der Waals surface area contributed by atoms with Crippen molar-refractivity contribution in [2.24, 2.45) is 5.92 Å². The van der Waals surface area contributed by atoms with Crippen molar-refractivity contribution in [3.05, 3.63) is 16.0 Å². The van der Waals surface area contributed by atoms with E-state index >= 15 is 0 Å². The van der Waals surface area contributed by atoms with Gasteiger partial charge in [-0.2, -0.15) is 0 Å². The standard InChI is InChI=1S/C18H26N2O3S/c1-12-6-7-13-14(10-12)24-17(16(13)18(22)23-2)19-15(21)11-20-8-4-3-5-9-20/h12H,3-11H2,1-2H3,(H,19,21)/t12-/m0/s1. The maximum Gasteiger partial charge on any atom is 0.341 e. The molecule has 1 aliphatic heterocycles. The van der Waals surface area contributed by atoms with Gasteiger partial charge >= 0.3 is 5.97 Å². The van der Waals surface area contributed by atoms with Crippen LogP contribution in [0.1, 0.15) is 53.4 Å². The molecule has 1 amide bonds. The van der Waals surface area contributed by atoms with Crippen molar-refractivity contribution in [2.75, 3.05) is 32.1 Å². The molecule has 0 radical (unpaired) electrons. The number of nitrogens with zero attached hydrogens (tertiary/aromatic N) is 1. The summed E-state index contributed by atoms with van der Waals surface area (Å²) in [5.41, 5.74) is 1.66. The molecule has 0 unspecified atom stereocenters. The van der Waals surface area contributed by atoms with Crippen LogP contribution >= 0.6 is 11.3 Å². The molecule has 2 aliphatic rings. The number of amides is 1. The Bertz CT molecular complexity index is 620. The van der Waals surface area contributed by atoms with Crippen LogP contribution in [0.3, 0.4) is 0 Å². The zero-order valence-corrected chi connectivity index (χ0v) is 15.3. The summed E-state index contributed by atoms with van der Waals surface area (Å²) in [4.78, 5) is 28.1. The molecule has 3 rings (SSSR count). The lowest BCUT2D eigenvalue weighted by atomic mass is 9.88. The third-order valence-electron chi connectivity index (χ3n) is 4.97. The van der Waals surface area contributed by atoms with Gasteiger partial charge in [-0.1, -0.05) is 13.3 Å². The normalized spacial score (nSPS) is 21.2. The van der Waals surface area contributed by atoms with Gasteiger partial charge in [-0.25, -0.2) is 4.79 Å². The van der Waals surface area contributed by atoms with E-state index in [0.29, 0.717) is 23.0 Å². The van der Waals surface area contributed by atoms with Gasteiger partial charge in [-0.05, 0) is 56.7 Å². The fraction of sp³-hybridized carbons (Fsp3) is 0.667. The summed E-state index contributed by atoms with van der Waals surface area (Å²) in [6.45, 7) is 4.60. The SMILES string of the molecule is COC(=O)c1c(NC(=O)CN2CCCCC2)sc2c1CC[C@H](C)C2. The quantitative estimate of drug-likeness (QED) is 0.848. The van der Waals surface area contributed by atoms with Gasteiger partial charge in [0.2, 0.25) is 5.91 Å². The number of nitrogens with one attached hydrogen (secondary N) is 1. The molecular weight excluding hydrogens is 324 g/mol. The first-order valence-electron chi connectivity index (χ1n) is 8.83. The molecule has 1 fully saturated rings.